The molecule has 1 N–H and O–H groups in total. The summed E-state index contributed by atoms with van der Waals surface area (Å²) in [7, 11) is 0. The number of pyridine rings is 1. The Morgan fingerprint density at radius 1 is 1.06 bits per heavy atom. The summed E-state index contributed by atoms with van der Waals surface area (Å²) in [6.45, 7) is 3.91. The highest BCUT2D eigenvalue weighted by atomic mass is 16.2. The molecule has 0 spiro atoms. The van der Waals surface area contributed by atoms with Crippen molar-refractivity contribution in [2.45, 2.75) is 39.2 Å². The van der Waals surface area contributed by atoms with Gasteiger partial charge in [-0.2, -0.15) is 0 Å². The third-order valence-electron chi connectivity index (χ3n) is 5.70. The minimum absolute atomic E-state index is 0.0117. The second kappa shape index (κ2) is 10.2. The van der Waals surface area contributed by atoms with E-state index in [0.29, 0.717) is 17.2 Å². The molecule has 1 aromatic heterocycles. The van der Waals surface area contributed by atoms with Crippen LogP contribution in [0.3, 0.4) is 0 Å². The third-order valence-corrected chi connectivity index (χ3v) is 5.70. The Bertz CT molecular complexity index is 1160. The molecule has 0 saturated heterocycles. The lowest BCUT2D eigenvalue weighted by Crippen LogP contribution is -2.44. The van der Waals surface area contributed by atoms with Crippen LogP contribution in [0.25, 0.3) is 0 Å². The van der Waals surface area contributed by atoms with E-state index >= 15 is 0 Å². The molecule has 0 aliphatic carbocycles. The molecule has 6 nitrogen and oxygen atoms in total. The fraction of sp³-hybridized carbons (Fsp3) is 0.259. The molecule has 33 heavy (non-hydrogen) atoms. The van der Waals surface area contributed by atoms with Gasteiger partial charge in [-0.05, 0) is 49.9 Å². The average molecular weight is 441 g/mol. The van der Waals surface area contributed by atoms with E-state index in [9.17, 15) is 9.59 Å². The molecule has 2 amide bonds. The van der Waals surface area contributed by atoms with Gasteiger partial charge in [0.2, 0.25) is 11.8 Å². The molecular formula is C27H28N4O2. The maximum absolute atomic E-state index is 13.2. The first-order valence-corrected chi connectivity index (χ1v) is 11.2. The van der Waals surface area contributed by atoms with Crippen molar-refractivity contribution in [3.8, 4) is 0 Å². The highest BCUT2D eigenvalue weighted by molar-refractivity contribution is 6.18. The van der Waals surface area contributed by atoms with Crippen LogP contribution in [0, 0.1) is 6.92 Å². The van der Waals surface area contributed by atoms with Gasteiger partial charge in [-0.3, -0.25) is 14.5 Å². The normalized spacial score (nSPS) is 14.2. The number of carbonyl (C=O) groups excluding carboxylic acids is 2. The maximum atomic E-state index is 13.2. The quantitative estimate of drug-likeness (QED) is 0.592. The molecule has 1 unspecified atom stereocenters. The summed E-state index contributed by atoms with van der Waals surface area (Å²) >= 11 is 0. The maximum Gasteiger partial charge on any atom is 0.240 e. The fourth-order valence-electron chi connectivity index (χ4n) is 3.87. The molecule has 6 heteroatoms. The molecular weight excluding hydrogens is 412 g/mol. The van der Waals surface area contributed by atoms with E-state index in [-0.39, 0.29) is 30.8 Å². The highest BCUT2D eigenvalue weighted by Gasteiger charge is 2.28. The van der Waals surface area contributed by atoms with Crippen LogP contribution in [0.1, 0.15) is 36.5 Å². The predicted octanol–water partition coefficient (Wildman–Crippen LogP) is 4.39. The number of benzene rings is 2. The van der Waals surface area contributed by atoms with Gasteiger partial charge in [0.25, 0.3) is 0 Å². The monoisotopic (exact) mass is 440 g/mol. The van der Waals surface area contributed by atoms with Crippen LogP contribution < -0.4 is 10.2 Å². The van der Waals surface area contributed by atoms with E-state index in [1.54, 1.807) is 12.3 Å². The van der Waals surface area contributed by atoms with Gasteiger partial charge < -0.3 is 5.32 Å². The molecule has 0 saturated carbocycles. The first-order chi connectivity index (χ1) is 16.0. The number of aliphatic imine (C=N–C) groups is 1. The van der Waals surface area contributed by atoms with E-state index < -0.39 is 0 Å². The van der Waals surface area contributed by atoms with Crippen LogP contribution in [-0.2, 0) is 16.0 Å². The molecule has 1 aliphatic heterocycles. The zero-order chi connectivity index (χ0) is 23.2. The van der Waals surface area contributed by atoms with Crippen LogP contribution in [-0.4, -0.2) is 35.1 Å². The zero-order valence-electron chi connectivity index (χ0n) is 19.0. The van der Waals surface area contributed by atoms with Crippen molar-refractivity contribution in [1.82, 2.24) is 10.3 Å². The van der Waals surface area contributed by atoms with Crippen molar-refractivity contribution in [2.75, 3.05) is 11.4 Å². The summed E-state index contributed by atoms with van der Waals surface area (Å²) in [4.78, 5) is 36.6. The number of aromatic nitrogens is 1. The van der Waals surface area contributed by atoms with Crippen molar-refractivity contribution >= 4 is 29.0 Å². The van der Waals surface area contributed by atoms with E-state index in [1.807, 2.05) is 62.4 Å². The minimum Gasteiger partial charge on any atom is -0.352 e. The topological polar surface area (TPSA) is 74.7 Å². The Kier molecular flexibility index (Phi) is 6.93. The van der Waals surface area contributed by atoms with Crippen molar-refractivity contribution in [3.05, 3.63) is 89.6 Å². The number of hydrogen-bond donors (Lipinski definition) is 1. The lowest BCUT2D eigenvalue weighted by molar-refractivity contribution is -0.123. The largest absolute Gasteiger partial charge is 0.352 e. The van der Waals surface area contributed by atoms with Crippen LogP contribution in [0.4, 0.5) is 11.5 Å². The minimum atomic E-state index is -0.209. The molecule has 0 bridgehead atoms. The molecule has 4 rings (SSSR count). The Morgan fingerprint density at radius 3 is 2.58 bits per heavy atom. The number of nitrogens with one attached hydrogen (secondary N) is 1. The lowest BCUT2D eigenvalue weighted by Gasteiger charge is -2.22. The van der Waals surface area contributed by atoms with Gasteiger partial charge in [0, 0.05) is 12.2 Å². The first-order valence-electron chi connectivity index (χ1n) is 11.2. The van der Waals surface area contributed by atoms with Gasteiger partial charge in [0.1, 0.15) is 12.2 Å². The van der Waals surface area contributed by atoms with Gasteiger partial charge in [0.15, 0.2) is 5.82 Å². The van der Waals surface area contributed by atoms with E-state index in [2.05, 4.69) is 22.4 Å². The molecule has 1 aliphatic rings. The average Bonchev–Trinajstić information content (AvgIpc) is 2.95. The molecule has 2 aromatic carbocycles. The summed E-state index contributed by atoms with van der Waals surface area (Å²) in [6.07, 6.45) is 3.42. The number of amides is 2. The van der Waals surface area contributed by atoms with Gasteiger partial charge in [-0.1, -0.05) is 60.2 Å². The van der Waals surface area contributed by atoms with Crippen molar-refractivity contribution in [1.29, 1.82) is 0 Å². The standard InChI is InChI=1S/C27H28N4O2/c1-19-10-14-22(15-11-19)24-17-26(33)31(27-23(30-24)9-6-16-28-27)18-25(32)29-20(2)12-13-21-7-4-3-5-8-21/h3-11,14-16,20H,12-13,17-18H2,1-2H3,(H,29,32). The number of nitrogens with zero attached hydrogens (tertiary/aromatic N) is 3. The van der Waals surface area contributed by atoms with Gasteiger partial charge >= 0.3 is 0 Å². The first kappa shape index (κ1) is 22.4. The van der Waals surface area contributed by atoms with Crippen LogP contribution in [0.15, 0.2) is 77.9 Å². The van der Waals surface area contributed by atoms with Crippen LogP contribution in [0.5, 0.6) is 0 Å². The summed E-state index contributed by atoms with van der Waals surface area (Å²) < 4.78 is 0. The Balaban J connectivity index is 1.45. The number of aryl methyl sites for hydroxylation is 2. The second-order valence-corrected chi connectivity index (χ2v) is 8.42. The number of rotatable bonds is 7. The van der Waals surface area contributed by atoms with Crippen molar-refractivity contribution in [3.63, 3.8) is 0 Å². The van der Waals surface area contributed by atoms with Crippen LogP contribution in [0.2, 0.25) is 0 Å². The third kappa shape index (κ3) is 5.71. The summed E-state index contributed by atoms with van der Waals surface area (Å²) in [5, 5.41) is 3.02. The molecule has 1 atom stereocenters. The number of fused-ring (bicyclic) bond motifs is 1. The van der Waals surface area contributed by atoms with Gasteiger partial charge in [-0.25, -0.2) is 9.98 Å². The fourth-order valence-corrected chi connectivity index (χ4v) is 3.87. The zero-order valence-corrected chi connectivity index (χ0v) is 19.0. The van der Waals surface area contributed by atoms with Gasteiger partial charge in [-0.15, -0.1) is 0 Å². The number of carbonyl (C=O) groups is 2. The lowest BCUT2D eigenvalue weighted by atomic mass is 10.1. The SMILES string of the molecule is Cc1ccc(C2=Nc3cccnc3N(CC(=O)NC(C)CCc3ccccc3)C(=O)C2)cc1. The summed E-state index contributed by atoms with van der Waals surface area (Å²) in [5.74, 6) is 0.00913. The summed E-state index contributed by atoms with van der Waals surface area (Å²) in [5.41, 5.74) is 4.53. The van der Waals surface area contributed by atoms with Crippen LogP contribution >= 0.6 is 0 Å². The predicted molar refractivity (Wildman–Crippen MR) is 131 cm³/mol. The Labute approximate surface area is 194 Å². The smallest absolute Gasteiger partial charge is 0.240 e. The molecule has 2 heterocycles. The van der Waals surface area contributed by atoms with E-state index in [4.69, 9.17) is 4.99 Å². The van der Waals surface area contributed by atoms with Crippen molar-refractivity contribution < 1.29 is 9.59 Å². The second-order valence-electron chi connectivity index (χ2n) is 8.42. The number of anilines is 1. The van der Waals surface area contributed by atoms with E-state index in [0.717, 1.165) is 24.0 Å². The van der Waals surface area contributed by atoms with E-state index in [1.165, 1.54) is 10.5 Å². The molecule has 0 fully saturated rings. The Hall–Kier alpha value is -3.80. The molecule has 168 valence electrons. The summed E-state index contributed by atoms with van der Waals surface area (Å²) in [6, 6.07) is 21.7. The molecule has 0 radical (unpaired) electrons. The highest BCUT2D eigenvalue weighted by Crippen LogP contribution is 2.30. The van der Waals surface area contributed by atoms with Crippen molar-refractivity contribution in [2.24, 2.45) is 4.99 Å². The Morgan fingerprint density at radius 2 is 1.82 bits per heavy atom. The molecule has 3 aromatic rings. The number of hydrogen-bond acceptors (Lipinski definition) is 4. The van der Waals surface area contributed by atoms with Gasteiger partial charge in [0.05, 0.1) is 12.1 Å².